The Morgan fingerprint density at radius 2 is 1.79 bits per heavy atom. The lowest BCUT2D eigenvalue weighted by molar-refractivity contribution is -0.135. The summed E-state index contributed by atoms with van der Waals surface area (Å²) < 4.78 is 11.2. The maximum absolute atomic E-state index is 13.4. The van der Waals surface area contributed by atoms with Gasteiger partial charge in [0.2, 0.25) is 0 Å². The van der Waals surface area contributed by atoms with Crippen molar-refractivity contribution in [1.82, 2.24) is 4.90 Å². The van der Waals surface area contributed by atoms with E-state index in [1.807, 2.05) is 36.4 Å². The highest BCUT2D eigenvalue weighted by Crippen LogP contribution is 2.41. The van der Waals surface area contributed by atoms with Gasteiger partial charge in [-0.3, -0.25) is 9.59 Å². The topological polar surface area (TPSA) is 100 Å². The van der Waals surface area contributed by atoms with E-state index in [9.17, 15) is 14.7 Å². The Balaban J connectivity index is 1.46. The standard InChI is InChI=1S/C27H25NO6/c29-25(30)10-2-1-5-17-33-24-8-4-3-7-22(24)19-28(27(32)15-16-27)26(31)21-13-11-20(12-14-21)23-9-6-18-34-23/h3-4,6-9,11-14,18,32H,5,10,15-17,19H2,(H,29,30). The number of ether oxygens (including phenoxy) is 1. The number of hydrogen-bond acceptors (Lipinski definition) is 5. The van der Waals surface area contributed by atoms with Crippen molar-refractivity contribution in [2.24, 2.45) is 0 Å². The smallest absolute Gasteiger partial charge is 0.315 e. The molecule has 0 aliphatic heterocycles. The molecule has 0 saturated heterocycles. The van der Waals surface area contributed by atoms with Crippen LogP contribution in [0.15, 0.2) is 71.3 Å². The molecule has 0 spiro atoms. The maximum atomic E-state index is 13.4. The number of amides is 1. The number of carbonyl (C=O) groups excluding carboxylic acids is 1. The zero-order valence-corrected chi connectivity index (χ0v) is 18.6. The fraction of sp³-hybridized carbons (Fsp3) is 0.259. The van der Waals surface area contributed by atoms with Gasteiger partial charge in [0.1, 0.15) is 23.7 Å². The monoisotopic (exact) mass is 459 g/mol. The van der Waals surface area contributed by atoms with Crippen LogP contribution < -0.4 is 4.74 Å². The van der Waals surface area contributed by atoms with Crippen LogP contribution in [-0.4, -0.2) is 39.3 Å². The van der Waals surface area contributed by atoms with Gasteiger partial charge in [-0.25, -0.2) is 0 Å². The molecule has 7 heteroatoms. The van der Waals surface area contributed by atoms with E-state index >= 15 is 0 Å². The van der Waals surface area contributed by atoms with Crippen LogP contribution in [0.5, 0.6) is 5.75 Å². The van der Waals surface area contributed by atoms with Crippen LogP contribution in [-0.2, 0) is 11.3 Å². The Bertz CT molecular complexity index is 1200. The van der Waals surface area contributed by atoms with Crippen molar-refractivity contribution >= 4 is 11.9 Å². The summed E-state index contributed by atoms with van der Waals surface area (Å²) in [7, 11) is 0. The van der Waals surface area contributed by atoms with Gasteiger partial charge in [-0.15, -0.1) is 0 Å². The predicted molar refractivity (Wildman–Crippen MR) is 125 cm³/mol. The molecule has 0 bridgehead atoms. The molecule has 1 aliphatic carbocycles. The molecule has 2 aromatic carbocycles. The van der Waals surface area contributed by atoms with Crippen LogP contribution in [0.4, 0.5) is 0 Å². The highest BCUT2D eigenvalue weighted by atomic mass is 16.5. The van der Waals surface area contributed by atoms with E-state index in [1.165, 1.54) is 4.90 Å². The fourth-order valence-electron chi connectivity index (χ4n) is 3.55. The number of carboxylic acid groups (broad SMARTS) is 1. The normalized spacial score (nSPS) is 13.4. The highest BCUT2D eigenvalue weighted by Gasteiger charge is 2.49. The number of nitrogens with zero attached hydrogens (tertiary/aromatic N) is 1. The molecule has 0 atom stereocenters. The van der Waals surface area contributed by atoms with Crippen molar-refractivity contribution < 1.29 is 29.0 Å². The molecule has 174 valence electrons. The Labute approximate surface area is 197 Å². The summed E-state index contributed by atoms with van der Waals surface area (Å²) in [4.78, 5) is 25.4. The Morgan fingerprint density at radius 1 is 1.03 bits per heavy atom. The summed E-state index contributed by atoms with van der Waals surface area (Å²) in [5.41, 5.74) is 0.930. The first-order valence-corrected chi connectivity index (χ1v) is 11.0. The SMILES string of the molecule is O=C(O)CC#CCCOc1ccccc1CN(C(=O)c1ccc(-c2ccco2)cc1)C1(O)CC1. The van der Waals surface area contributed by atoms with Gasteiger partial charge in [0.05, 0.1) is 19.4 Å². The van der Waals surface area contributed by atoms with Gasteiger partial charge >= 0.3 is 5.97 Å². The fourth-order valence-corrected chi connectivity index (χ4v) is 3.55. The van der Waals surface area contributed by atoms with Crippen molar-refractivity contribution in [3.63, 3.8) is 0 Å². The van der Waals surface area contributed by atoms with E-state index in [2.05, 4.69) is 11.8 Å². The van der Waals surface area contributed by atoms with Gasteiger partial charge in [0.25, 0.3) is 5.91 Å². The largest absolute Gasteiger partial charge is 0.492 e. The second-order valence-electron chi connectivity index (χ2n) is 8.06. The van der Waals surface area contributed by atoms with E-state index in [4.69, 9.17) is 14.3 Å². The van der Waals surface area contributed by atoms with Crippen LogP contribution in [0.2, 0.25) is 0 Å². The van der Waals surface area contributed by atoms with E-state index in [-0.39, 0.29) is 25.5 Å². The second kappa shape index (κ2) is 10.3. The van der Waals surface area contributed by atoms with Gasteiger partial charge in [0.15, 0.2) is 0 Å². The first-order valence-electron chi connectivity index (χ1n) is 11.0. The van der Waals surface area contributed by atoms with E-state index in [1.54, 1.807) is 30.5 Å². The van der Waals surface area contributed by atoms with Crippen LogP contribution in [0.1, 0.15) is 41.6 Å². The minimum Gasteiger partial charge on any atom is -0.492 e. The number of rotatable bonds is 9. The zero-order valence-electron chi connectivity index (χ0n) is 18.6. The van der Waals surface area contributed by atoms with Crippen molar-refractivity contribution in [1.29, 1.82) is 0 Å². The van der Waals surface area contributed by atoms with Gasteiger partial charge in [-0.2, -0.15) is 0 Å². The lowest BCUT2D eigenvalue weighted by atomic mass is 10.1. The van der Waals surface area contributed by atoms with E-state index < -0.39 is 11.7 Å². The number of aliphatic hydroxyl groups is 1. The van der Waals surface area contributed by atoms with Crippen molar-refractivity contribution in [2.45, 2.75) is 38.0 Å². The Hall–Kier alpha value is -4.02. The van der Waals surface area contributed by atoms with Crippen molar-refractivity contribution in [2.75, 3.05) is 6.61 Å². The molecule has 1 amide bonds. The minimum absolute atomic E-state index is 0.191. The molecule has 1 aromatic heterocycles. The summed E-state index contributed by atoms with van der Waals surface area (Å²) in [5, 5.41) is 19.5. The summed E-state index contributed by atoms with van der Waals surface area (Å²) in [6, 6.07) is 18.1. The number of hydrogen-bond donors (Lipinski definition) is 2. The van der Waals surface area contributed by atoms with Crippen LogP contribution in [0.25, 0.3) is 11.3 Å². The summed E-state index contributed by atoms with van der Waals surface area (Å²) in [6.45, 7) is 0.478. The Kier molecular flexibility index (Phi) is 7.00. The van der Waals surface area contributed by atoms with Gasteiger partial charge in [0, 0.05) is 23.1 Å². The first-order chi connectivity index (χ1) is 16.5. The maximum Gasteiger partial charge on any atom is 0.315 e. The number of carboxylic acids is 1. The number of carbonyl (C=O) groups is 2. The Morgan fingerprint density at radius 3 is 2.47 bits per heavy atom. The zero-order chi connectivity index (χ0) is 24.0. The molecule has 0 unspecified atom stereocenters. The third-order valence-corrected chi connectivity index (χ3v) is 5.53. The van der Waals surface area contributed by atoms with Gasteiger partial charge in [-0.1, -0.05) is 42.2 Å². The third kappa shape index (κ3) is 5.66. The van der Waals surface area contributed by atoms with Crippen molar-refractivity contribution in [3.05, 3.63) is 78.1 Å². The third-order valence-electron chi connectivity index (χ3n) is 5.53. The van der Waals surface area contributed by atoms with Crippen LogP contribution >= 0.6 is 0 Å². The minimum atomic E-state index is -1.17. The predicted octanol–water partition coefficient (Wildman–Crippen LogP) is 4.32. The summed E-state index contributed by atoms with van der Waals surface area (Å²) in [6.07, 6.45) is 2.82. The van der Waals surface area contributed by atoms with Gasteiger partial charge < -0.3 is 24.3 Å². The number of aliphatic carboxylic acids is 1. The number of benzene rings is 2. The molecule has 1 aliphatic rings. The molecular weight excluding hydrogens is 434 g/mol. The summed E-state index contributed by atoms with van der Waals surface area (Å²) >= 11 is 0. The highest BCUT2D eigenvalue weighted by molar-refractivity contribution is 5.95. The van der Waals surface area contributed by atoms with Crippen LogP contribution in [0.3, 0.4) is 0 Å². The first kappa shape index (κ1) is 23.1. The van der Waals surface area contributed by atoms with Gasteiger partial charge in [-0.05, 0) is 43.2 Å². The molecule has 1 heterocycles. The molecule has 1 saturated carbocycles. The average Bonchev–Trinajstić information content (AvgIpc) is 3.35. The molecule has 34 heavy (non-hydrogen) atoms. The molecule has 2 N–H and O–H groups in total. The molecule has 4 rings (SSSR count). The molecule has 0 radical (unpaired) electrons. The van der Waals surface area contributed by atoms with Crippen molar-refractivity contribution in [3.8, 4) is 28.9 Å². The van der Waals surface area contributed by atoms with Crippen LogP contribution in [0, 0.1) is 11.8 Å². The second-order valence-corrected chi connectivity index (χ2v) is 8.06. The molecule has 7 nitrogen and oxygen atoms in total. The molecule has 3 aromatic rings. The lowest BCUT2D eigenvalue weighted by Crippen LogP contribution is -2.41. The number of para-hydroxylation sites is 1. The van der Waals surface area contributed by atoms with E-state index in [0.29, 0.717) is 30.6 Å². The quantitative estimate of drug-likeness (QED) is 0.281. The van der Waals surface area contributed by atoms with E-state index in [0.717, 1.165) is 16.9 Å². The lowest BCUT2D eigenvalue weighted by Gasteiger charge is -2.29. The average molecular weight is 459 g/mol. The molecular formula is C27H25NO6. The number of furan rings is 1. The summed E-state index contributed by atoms with van der Waals surface area (Å²) in [5.74, 6) is 5.43. The molecule has 1 fully saturated rings.